The second-order valence-corrected chi connectivity index (χ2v) is 3.07. The first-order chi connectivity index (χ1) is 6.86. The van der Waals surface area contributed by atoms with E-state index in [-0.39, 0.29) is 16.4 Å². The van der Waals surface area contributed by atoms with E-state index in [2.05, 4.69) is 21.9 Å². The summed E-state index contributed by atoms with van der Waals surface area (Å²) in [6.45, 7) is 0. The van der Waals surface area contributed by atoms with Gasteiger partial charge in [0.1, 0.15) is 4.99 Å². The summed E-state index contributed by atoms with van der Waals surface area (Å²) in [7, 11) is 1.23. The third-order valence-corrected chi connectivity index (χ3v) is 1.88. The molecular formula is C8H7F3N2OS. The Labute approximate surface area is 89.1 Å². The van der Waals surface area contributed by atoms with Crippen molar-refractivity contribution in [2.75, 3.05) is 7.11 Å². The highest BCUT2D eigenvalue weighted by Crippen LogP contribution is 2.33. The number of hydrogen-bond acceptors (Lipinski definition) is 3. The molecule has 1 heterocycles. The normalized spacial score (nSPS) is 11.2. The van der Waals surface area contributed by atoms with E-state index in [1.54, 1.807) is 0 Å². The van der Waals surface area contributed by atoms with Crippen molar-refractivity contribution in [3.05, 3.63) is 23.4 Å². The number of methoxy groups -OCH3 is 1. The van der Waals surface area contributed by atoms with Crippen LogP contribution in [0.15, 0.2) is 12.3 Å². The highest BCUT2D eigenvalue weighted by atomic mass is 32.1. The van der Waals surface area contributed by atoms with E-state index in [1.807, 2.05) is 0 Å². The smallest absolute Gasteiger partial charge is 0.417 e. The van der Waals surface area contributed by atoms with E-state index in [0.29, 0.717) is 0 Å². The number of halogens is 3. The lowest BCUT2D eigenvalue weighted by atomic mass is 10.1. The minimum absolute atomic E-state index is 0.137. The summed E-state index contributed by atoms with van der Waals surface area (Å²) in [6.07, 6.45) is -3.58. The number of nitrogens with two attached hydrogens (primary N) is 1. The molecule has 1 aromatic heterocycles. The quantitative estimate of drug-likeness (QED) is 0.794. The summed E-state index contributed by atoms with van der Waals surface area (Å²) in [5.74, 6) is -0.137. The van der Waals surface area contributed by atoms with Crippen LogP contribution in [0.1, 0.15) is 11.1 Å². The molecule has 0 bridgehead atoms. The predicted molar refractivity (Wildman–Crippen MR) is 51.7 cm³/mol. The van der Waals surface area contributed by atoms with Crippen molar-refractivity contribution < 1.29 is 17.9 Å². The van der Waals surface area contributed by atoms with Gasteiger partial charge >= 0.3 is 6.18 Å². The van der Waals surface area contributed by atoms with Gasteiger partial charge in [0.05, 0.1) is 12.7 Å². The van der Waals surface area contributed by atoms with Crippen molar-refractivity contribution in [3.63, 3.8) is 0 Å². The lowest BCUT2D eigenvalue weighted by Gasteiger charge is -2.12. The third-order valence-electron chi connectivity index (χ3n) is 1.66. The van der Waals surface area contributed by atoms with Gasteiger partial charge in [0.15, 0.2) is 0 Å². The van der Waals surface area contributed by atoms with E-state index < -0.39 is 11.7 Å². The molecule has 1 aromatic rings. The zero-order valence-corrected chi connectivity index (χ0v) is 8.45. The average Bonchev–Trinajstić information content (AvgIpc) is 2.15. The molecule has 2 N–H and O–H groups in total. The summed E-state index contributed by atoms with van der Waals surface area (Å²) >= 11 is 4.49. The van der Waals surface area contributed by atoms with Crippen LogP contribution in [0.5, 0.6) is 5.88 Å². The Kier molecular flexibility index (Phi) is 3.13. The van der Waals surface area contributed by atoms with Gasteiger partial charge in [-0.25, -0.2) is 4.98 Å². The summed E-state index contributed by atoms with van der Waals surface area (Å²) in [6, 6.07) is 0.758. The fourth-order valence-electron chi connectivity index (χ4n) is 0.979. The fraction of sp³-hybridized carbons (Fsp3) is 0.250. The standard InChI is InChI=1S/C8H7F3N2OS/c1-14-6-2-5(8(9,10)11)4(3-13-6)7(12)15/h2-3H,1H3,(H2,12,15). The highest BCUT2D eigenvalue weighted by molar-refractivity contribution is 7.80. The number of hydrogen-bond donors (Lipinski definition) is 1. The second-order valence-electron chi connectivity index (χ2n) is 2.63. The molecule has 0 aliphatic rings. The lowest BCUT2D eigenvalue weighted by Crippen LogP contribution is -2.18. The van der Waals surface area contributed by atoms with Crippen LogP contribution < -0.4 is 10.5 Å². The van der Waals surface area contributed by atoms with Crippen LogP contribution >= 0.6 is 12.2 Å². The van der Waals surface area contributed by atoms with Crippen LogP contribution in [-0.4, -0.2) is 17.1 Å². The highest BCUT2D eigenvalue weighted by Gasteiger charge is 2.34. The molecule has 1 rings (SSSR count). The monoisotopic (exact) mass is 236 g/mol. The third kappa shape index (κ3) is 2.56. The maximum atomic E-state index is 12.5. The molecule has 82 valence electrons. The number of pyridine rings is 1. The summed E-state index contributed by atoms with van der Waals surface area (Å²) < 4.78 is 42.2. The second kappa shape index (κ2) is 4.01. The summed E-state index contributed by atoms with van der Waals surface area (Å²) in [5, 5.41) is 0. The van der Waals surface area contributed by atoms with Gasteiger partial charge < -0.3 is 10.5 Å². The molecule has 0 amide bonds. The molecule has 15 heavy (non-hydrogen) atoms. The SMILES string of the molecule is COc1cc(C(F)(F)F)c(C(N)=S)cn1. The van der Waals surface area contributed by atoms with Crippen LogP contribution in [0.2, 0.25) is 0 Å². The lowest BCUT2D eigenvalue weighted by molar-refractivity contribution is -0.137. The fourth-order valence-corrected chi connectivity index (χ4v) is 1.14. The Bertz CT molecular complexity index is 392. The van der Waals surface area contributed by atoms with E-state index in [1.165, 1.54) is 7.11 Å². The van der Waals surface area contributed by atoms with Gasteiger partial charge in [-0.3, -0.25) is 0 Å². The zero-order chi connectivity index (χ0) is 11.6. The Morgan fingerprint density at radius 3 is 2.53 bits per heavy atom. The molecule has 0 saturated carbocycles. The summed E-state index contributed by atoms with van der Waals surface area (Å²) in [5.41, 5.74) is 3.90. The molecule has 0 spiro atoms. The first kappa shape index (κ1) is 11.7. The number of thiocarbonyl (C=S) groups is 1. The van der Waals surface area contributed by atoms with Gasteiger partial charge in [0, 0.05) is 17.8 Å². The number of rotatable bonds is 2. The number of alkyl halides is 3. The number of nitrogens with zero attached hydrogens (tertiary/aromatic N) is 1. The van der Waals surface area contributed by atoms with Gasteiger partial charge in [0.25, 0.3) is 0 Å². The van der Waals surface area contributed by atoms with E-state index >= 15 is 0 Å². The predicted octanol–water partition coefficient (Wildman–Crippen LogP) is 1.74. The average molecular weight is 236 g/mol. The molecule has 0 saturated heterocycles. The van der Waals surface area contributed by atoms with E-state index in [0.717, 1.165) is 12.3 Å². The molecule has 0 radical (unpaired) electrons. The van der Waals surface area contributed by atoms with Gasteiger partial charge in [-0.2, -0.15) is 13.2 Å². The van der Waals surface area contributed by atoms with Gasteiger partial charge in [0.2, 0.25) is 5.88 Å². The first-order valence-corrected chi connectivity index (χ1v) is 4.18. The van der Waals surface area contributed by atoms with Crippen LogP contribution in [-0.2, 0) is 6.18 Å². The largest absolute Gasteiger partial charge is 0.481 e. The van der Waals surface area contributed by atoms with Crippen molar-refractivity contribution in [1.29, 1.82) is 0 Å². The first-order valence-electron chi connectivity index (χ1n) is 3.77. The molecule has 0 fully saturated rings. The number of ether oxygens (including phenoxy) is 1. The minimum Gasteiger partial charge on any atom is -0.481 e. The van der Waals surface area contributed by atoms with Crippen molar-refractivity contribution in [2.45, 2.75) is 6.18 Å². The molecule has 0 aliphatic heterocycles. The molecule has 3 nitrogen and oxygen atoms in total. The van der Waals surface area contributed by atoms with E-state index in [4.69, 9.17) is 5.73 Å². The minimum atomic E-state index is -4.53. The molecule has 0 unspecified atom stereocenters. The van der Waals surface area contributed by atoms with E-state index in [9.17, 15) is 13.2 Å². The Morgan fingerprint density at radius 1 is 1.53 bits per heavy atom. The van der Waals surface area contributed by atoms with Crippen molar-refractivity contribution in [2.24, 2.45) is 5.73 Å². The van der Waals surface area contributed by atoms with Gasteiger partial charge in [-0.15, -0.1) is 0 Å². The molecule has 0 aliphatic carbocycles. The van der Waals surface area contributed by atoms with Crippen molar-refractivity contribution >= 4 is 17.2 Å². The molecule has 0 atom stereocenters. The maximum absolute atomic E-state index is 12.5. The van der Waals surface area contributed by atoms with Crippen LogP contribution in [0.25, 0.3) is 0 Å². The molecule has 0 aromatic carbocycles. The summed E-state index contributed by atoms with van der Waals surface area (Å²) in [4.78, 5) is 3.25. The molecule has 7 heteroatoms. The van der Waals surface area contributed by atoms with Crippen molar-refractivity contribution in [3.8, 4) is 5.88 Å². The topological polar surface area (TPSA) is 48.1 Å². The Hall–Kier alpha value is -1.37. The Balaban J connectivity index is 3.36. The van der Waals surface area contributed by atoms with Crippen LogP contribution in [0.4, 0.5) is 13.2 Å². The van der Waals surface area contributed by atoms with Gasteiger partial charge in [-0.1, -0.05) is 12.2 Å². The van der Waals surface area contributed by atoms with Crippen LogP contribution in [0, 0.1) is 0 Å². The van der Waals surface area contributed by atoms with Gasteiger partial charge in [-0.05, 0) is 0 Å². The maximum Gasteiger partial charge on any atom is 0.417 e. The van der Waals surface area contributed by atoms with Crippen molar-refractivity contribution in [1.82, 2.24) is 4.98 Å². The van der Waals surface area contributed by atoms with Crippen LogP contribution in [0.3, 0.4) is 0 Å². The molecular weight excluding hydrogens is 229 g/mol. The Morgan fingerprint density at radius 2 is 2.13 bits per heavy atom. The zero-order valence-electron chi connectivity index (χ0n) is 7.63. The number of aromatic nitrogens is 1.